The first kappa shape index (κ1) is 18.5. The van der Waals surface area contributed by atoms with Gasteiger partial charge in [-0.15, -0.1) is 0 Å². The molecular weight excluding hydrogens is 372 g/mol. The van der Waals surface area contributed by atoms with Crippen LogP contribution in [0, 0.1) is 0 Å². The van der Waals surface area contributed by atoms with E-state index in [1.807, 2.05) is 30.3 Å². The van der Waals surface area contributed by atoms with Crippen LogP contribution >= 0.6 is 0 Å². The lowest BCUT2D eigenvalue weighted by molar-refractivity contribution is 0.0538. The number of carbonyl (C=O) groups is 1. The Labute approximate surface area is 165 Å². The minimum Gasteiger partial charge on any atom is -0.493 e. The summed E-state index contributed by atoms with van der Waals surface area (Å²) in [7, 11) is 0. The summed E-state index contributed by atoms with van der Waals surface area (Å²) in [6, 6.07) is 18.5. The van der Waals surface area contributed by atoms with Gasteiger partial charge in [-0.25, -0.2) is 9.48 Å². The number of carbonyl (C=O) groups excluding carboxylic acids is 1. The summed E-state index contributed by atoms with van der Waals surface area (Å²) in [6.07, 6.45) is 2.21. The lowest BCUT2D eigenvalue weighted by Crippen LogP contribution is -2.26. The van der Waals surface area contributed by atoms with Gasteiger partial charge < -0.3 is 9.47 Å². The molecule has 2 aromatic carbocycles. The summed E-state index contributed by atoms with van der Waals surface area (Å²) in [6.45, 7) is 0.120. The third-order valence-electron chi connectivity index (χ3n) is 4.57. The topological polar surface area (TPSA) is 90.4 Å². The van der Waals surface area contributed by atoms with Crippen molar-refractivity contribution in [3.63, 3.8) is 0 Å². The van der Waals surface area contributed by atoms with Crippen molar-refractivity contribution in [2.45, 2.75) is 12.5 Å². The van der Waals surface area contributed by atoms with Crippen LogP contribution < -0.4 is 11.1 Å². The highest BCUT2D eigenvalue weighted by Crippen LogP contribution is 2.31. The van der Waals surface area contributed by atoms with Gasteiger partial charge in [-0.1, -0.05) is 36.4 Å². The molecule has 1 unspecified atom stereocenters. The maximum absolute atomic E-state index is 12.4. The molecule has 1 atom stereocenters. The SMILES string of the molecule is O=C(OCC1=COC(c2ccccc2)C1)c1cccc(-n2[nH]c(=O)ccc2=O)c1. The first-order chi connectivity index (χ1) is 14.1. The number of hydrogen-bond acceptors (Lipinski definition) is 5. The van der Waals surface area contributed by atoms with Crippen LogP contribution in [-0.4, -0.2) is 22.4 Å². The first-order valence-electron chi connectivity index (χ1n) is 9.08. The minimum absolute atomic E-state index is 0.0741. The van der Waals surface area contributed by atoms with E-state index >= 15 is 0 Å². The molecule has 1 aromatic heterocycles. The van der Waals surface area contributed by atoms with E-state index in [-0.39, 0.29) is 18.3 Å². The van der Waals surface area contributed by atoms with Crippen LogP contribution in [0.4, 0.5) is 0 Å². The molecule has 0 bridgehead atoms. The third kappa shape index (κ3) is 4.19. The van der Waals surface area contributed by atoms with Crippen molar-refractivity contribution < 1.29 is 14.3 Å². The molecule has 1 N–H and O–H groups in total. The van der Waals surface area contributed by atoms with E-state index in [4.69, 9.17) is 9.47 Å². The van der Waals surface area contributed by atoms with Crippen LogP contribution in [0.15, 0.2) is 88.2 Å². The lowest BCUT2D eigenvalue weighted by atomic mass is 10.0. The van der Waals surface area contributed by atoms with Crippen molar-refractivity contribution in [2.24, 2.45) is 0 Å². The molecule has 0 aliphatic carbocycles. The van der Waals surface area contributed by atoms with Gasteiger partial charge in [-0.3, -0.25) is 14.7 Å². The van der Waals surface area contributed by atoms with E-state index in [9.17, 15) is 14.4 Å². The van der Waals surface area contributed by atoms with Gasteiger partial charge in [0.05, 0.1) is 17.5 Å². The Kier molecular flexibility index (Phi) is 5.11. The Balaban J connectivity index is 1.41. The molecule has 1 aliphatic heterocycles. The van der Waals surface area contributed by atoms with E-state index in [1.54, 1.807) is 24.5 Å². The molecule has 0 amide bonds. The van der Waals surface area contributed by atoms with E-state index < -0.39 is 17.1 Å². The highest BCUT2D eigenvalue weighted by atomic mass is 16.5. The van der Waals surface area contributed by atoms with Crippen molar-refractivity contribution in [2.75, 3.05) is 6.61 Å². The average molecular weight is 390 g/mol. The zero-order chi connectivity index (χ0) is 20.2. The third-order valence-corrected chi connectivity index (χ3v) is 4.57. The van der Waals surface area contributed by atoms with E-state index in [0.717, 1.165) is 21.9 Å². The zero-order valence-corrected chi connectivity index (χ0v) is 15.4. The quantitative estimate of drug-likeness (QED) is 0.677. The molecule has 1 aliphatic rings. The van der Waals surface area contributed by atoms with Gasteiger partial charge in [-0.2, -0.15) is 0 Å². The van der Waals surface area contributed by atoms with E-state index in [1.165, 1.54) is 12.1 Å². The molecule has 2 heterocycles. The van der Waals surface area contributed by atoms with Crippen LogP contribution in [0.25, 0.3) is 5.69 Å². The number of hydrogen-bond donors (Lipinski definition) is 1. The summed E-state index contributed by atoms with van der Waals surface area (Å²) in [5, 5.41) is 2.43. The maximum Gasteiger partial charge on any atom is 0.338 e. The van der Waals surface area contributed by atoms with Gasteiger partial charge in [0.15, 0.2) is 0 Å². The van der Waals surface area contributed by atoms with Crippen molar-refractivity contribution in [1.82, 2.24) is 9.78 Å². The molecule has 29 heavy (non-hydrogen) atoms. The monoisotopic (exact) mass is 390 g/mol. The van der Waals surface area contributed by atoms with E-state index in [0.29, 0.717) is 12.1 Å². The number of esters is 1. The molecule has 0 saturated heterocycles. The maximum atomic E-state index is 12.4. The van der Waals surface area contributed by atoms with Gasteiger partial charge in [0.1, 0.15) is 12.7 Å². The Morgan fingerprint density at radius 3 is 2.72 bits per heavy atom. The van der Waals surface area contributed by atoms with Gasteiger partial charge in [0, 0.05) is 24.1 Å². The minimum atomic E-state index is -0.526. The summed E-state index contributed by atoms with van der Waals surface area (Å²) in [5.74, 6) is -0.526. The van der Waals surface area contributed by atoms with Crippen LogP contribution in [0.1, 0.15) is 28.4 Å². The molecule has 0 saturated carbocycles. The number of aromatic amines is 1. The number of aromatic nitrogens is 2. The second-order valence-corrected chi connectivity index (χ2v) is 6.63. The van der Waals surface area contributed by atoms with Crippen molar-refractivity contribution in [3.8, 4) is 5.69 Å². The summed E-state index contributed by atoms with van der Waals surface area (Å²) < 4.78 is 12.1. The van der Waals surface area contributed by atoms with Crippen LogP contribution in [0.5, 0.6) is 0 Å². The molecule has 146 valence electrons. The number of H-pyrrole nitrogens is 1. The molecule has 0 fully saturated rings. The summed E-state index contributed by atoms with van der Waals surface area (Å²) in [5.41, 5.74) is 1.77. The normalized spacial score (nSPS) is 15.4. The summed E-state index contributed by atoms with van der Waals surface area (Å²) in [4.78, 5) is 35.9. The number of nitrogens with one attached hydrogen (secondary N) is 1. The van der Waals surface area contributed by atoms with Crippen molar-refractivity contribution >= 4 is 5.97 Å². The zero-order valence-electron chi connectivity index (χ0n) is 15.4. The highest BCUT2D eigenvalue weighted by Gasteiger charge is 2.21. The van der Waals surface area contributed by atoms with Gasteiger partial charge in [-0.05, 0) is 23.8 Å². The molecule has 7 heteroatoms. The predicted molar refractivity (Wildman–Crippen MR) is 106 cm³/mol. The molecular formula is C22H18N2O5. The van der Waals surface area contributed by atoms with Gasteiger partial charge >= 0.3 is 5.97 Å². The van der Waals surface area contributed by atoms with Crippen LogP contribution in [0.3, 0.4) is 0 Å². The second kappa shape index (κ2) is 8.02. The van der Waals surface area contributed by atoms with Crippen molar-refractivity contribution in [1.29, 1.82) is 0 Å². The largest absolute Gasteiger partial charge is 0.493 e. The smallest absolute Gasteiger partial charge is 0.338 e. The first-order valence-corrected chi connectivity index (χ1v) is 9.08. The highest BCUT2D eigenvalue weighted by molar-refractivity contribution is 5.90. The van der Waals surface area contributed by atoms with Crippen LogP contribution in [0.2, 0.25) is 0 Å². The van der Waals surface area contributed by atoms with Gasteiger partial charge in [0.2, 0.25) is 0 Å². The van der Waals surface area contributed by atoms with Crippen LogP contribution in [-0.2, 0) is 9.47 Å². The summed E-state index contributed by atoms with van der Waals surface area (Å²) >= 11 is 0. The van der Waals surface area contributed by atoms with Crippen molar-refractivity contribution in [3.05, 3.63) is 110 Å². The number of rotatable bonds is 5. The standard InChI is InChI=1S/C22H18N2O5/c25-20-9-10-21(26)24(23-20)18-8-4-7-17(12-18)22(27)29-14-15-11-19(28-13-15)16-5-2-1-3-6-16/h1-10,12-13,19H,11,14H2,(H,23,25). The second-order valence-electron chi connectivity index (χ2n) is 6.63. The fraction of sp³-hybridized carbons (Fsp3) is 0.136. The fourth-order valence-corrected chi connectivity index (χ4v) is 3.10. The Bertz CT molecular complexity index is 1180. The van der Waals surface area contributed by atoms with E-state index in [2.05, 4.69) is 5.10 Å². The average Bonchev–Trinajstić information content (AvgIpc) is 3.23. The Hall–Kier alpha value is -3.87. The fourth-order valence-electron chi connectivity index (χ4n) is 3.10. The number of benzene rings is 2. The molecule has 0 spiro atoms. The number of nitrogens with zero attached hydrogens (tertiary/aromatic N) is 1. The molecule has 4 rings (SSSR count). The molecule has 7 nitrogen and oxygen atoms in total. The molecule has 0 radical (unpaired) electrons. The molecule has 3 aromatic rings. The van der Waals surface area contributed by atoms with Gasteiger partial charge in [0.25, 0.3) is 11.1 Å². The Morgan fingerprint density at radius 2 is 1.90 bits per heavy atom. The Morgan fingerprint density at radius 1 is 1.07 bits per heavy atom. The predicted octanol–water partition coefficient (Wildman–Crippen LogP) is 2.73. The number of ether oxygens (including phenoxy) is 2. The lowest BCUT2D eigenvalue weighted by Gasteiger charge is -2.10.